The first-order valence-electron chi connectivity index (χ1n) is 7.96. The normalized spacial score (nSPS) is 11.3. The van der Waals surface area contributed by atoms with Gasteiger partial charge in [0.2, 0.25) is 5.91 Å². The molecule has 2 aromatic rings. The Bertz CT molecular complexity index is 788. The Morgan fingerprint density at radius 1 is 0.962 bits per heavy atom. The van der Waals surface area contributed by atoms with Crippen molar-refractivity contribution in [2.75, 3.05) is 10.6 Å². The molecule has 0 saturated carbocycles. The van der Waals surface area contributed by atoms with E-state index in [-0.39, 0.29) is 12.3 Å². The number of halogens is 1. The summed E-state index contributed by atoms with van der Waals surface area (Å²) in [6.45, 7) is 2.86. The summed E-state index contributed by atoms with van der Waals surface area (Å²) in [6.07, 6.45) is -1.000. The molecule has 0 fully saturated rings. The molecule has 0 heterocycles. The van der Waals surface area contributed by atoms with E-state index in [0.29, 0.717) is 16.9 Å². The van der Waals surface area contributed by atoms with Crippen LogP contribution < -0.4 is 10.6 Å². The standard InChI is InChI=1S/C19H19FN2O4/c1-12(19(25)22-17-9-5-15(20)6-10-17)26-18(24)11-14-3-7-16(8-4-14)21-13(2)23/h3-10,12H,11H2,1-2H3,(H,21,23)(H,22,25)/t12-/m0/s1. The SMILES string of the molecule is CC(=O)Nc1ccc(CC(=O)O[C@@H](C)C(=O)Nc2ccc(F)cc2)cc1. The van der Waals surface area contributed by atoms with Gasteiger partial charge in [-0.1, -0.05) is 12.1 Å². The minimum atomic E-state index is -0.994. The van der Waals surface area contributed by atoms with Gasteiger partial charge >= 0.3 is 5.97 Å². The first-order chi connectivity index (χ1) is 12.3. The lowest BCUT2D eigenvalue weighted by Gasteiger charge is -2.13. The Morgan fingerprint density at radius 2 is 1.50 bits per heavy atom. The van der Waals surface area contributed by atoms with Crippen molar-refractivity contribution >= 4 is 29.2 Å². The van der Waals surface area contributed by atoms with E-state index in [1.807, 2.05) is 0 Å². The highest BCUT2D eigenvalue weighted by Crippen LogP contribution is 2.12. The molecule has 0 saturated heterocycles. The summed E-state index contributed by atoms with van der Waals surface area (Å²) in [7, 11) is 0. The highest BCUT2D eigenvalue weighted by molar-refractivity contribution is 5.95. The molecule has 0 spiro atoms. The lowest BCUT2D eigenvalue weighted by atomic mass is 10.1. The summed E-state index contributed by atoms with van der Waals surface area (Å²) in [6, 6.07) is 12.0. The van der Waals surface area contributed by atoms with Gasteiger partial charge in [0.05, 0.1) is 6.42 Å². The minimum Gasteiger partial charge on any atom is -0.452 e. The lowest BCUT2D eigenvalue weighted by Crippen LogP contribution is -2.30. The quantitative estimate of drug-likeness (QED) is 0.778. The summed E-state index contributed by atoms with van der Waals surface area (Å²) in [4.78, 5) is 34.9. The van der Waals surface area contributed by atoms with Gasteiger partial charge in [0.25, 0.3) is 5.91 Å². The number of anilines is 2. The zero-order valence-electron chi connectivity index (χ0n) is 14.4. The van der Waals surface area contributed by atoms with Crippen LogP contribution in [0.4, 0.5) is 15.8 Å². The molecular formula is C19H19FN2O4. The van der Waals surface area contributed by atoms with Gasteiger partial charge < -0.3 is 15.4 Å². The first-order valence-corrected chi connectivity index (χ1v) is 7.96. The molecule has 0 aliphatic rings. The molecule has 2 amide bonds. The van der Waals surface area contributed by atoms with E-state index in [1.165, 1.54) is 38.1 Å². The molecule has 26 heavy (non-hydrogen) atoms. The third kappa shape index (κ3) is 6.01. The van der Waals surface area contributed by atoms with Crippen LogP contribution in [0.1, 0.15) is 19.4 Å². The Kier molecular flexibility index (Phi) is 6.43. The monoisotopic (exact) mass is 358 g/mol. The largest absolute Gasteiger partial charge is 0.452 e. The fraction of sp³-hybridized carbons (Fsp3) is 0.211. The molecule has 2 rings (SSSR count). The number of rotatable bonds is 6. The number of hydrogen-bond acceptors (Lipinski definition) is 4. The van der Waals surface area contributed by atoms with Crippen LogP contribution in [0.15, 0.2) is 48.5 Å². The topological polar surface area (TPSA) is 84.5 Å². The van der Waals surface area contributed by atoms with Crippen LogP contribution in [0.3, 0.4) is 0 Å². The van der Waals surface area contributed by atoms with Gasteiger partial charge in [0.15, 0.2) is 6.10 Å². The number of nitrogens with one attached hydrogen (secondary N) is 2. The smallest absolute Gasteiger partial charge is 0.311 e. The van der Waals surface area contributed by atoms with Crippen molar-refractivity contribution < 1.29 is 23.5 Å². The maximum atomic E-state index is 12.8. The second-order valence-corrected chi connectivity index (χ2v) is 5.68. The summed E-state index contributed by atoms with van der Waals surface area (Å²) >= 11 is 0. The molecular weight excluding hydrogens is 339 g/mol. The number of carbonyl (C=O) groups is 3. The molecule has 0 radical (unpaired) electrons. The van der Waals surface area contributed by atoms with Crippen LogP contribution in [0, 0.1) is 5.82 Å². The van der Waals surface area contributed by atoms with E-state index in [1.54, 1.807) is 24.3 Å². The average Bonchev–Trinajstić information content (AvgIpc) is 2.58. The van der Waals surface area contributed by atoms with Gasteiger partial charge in [0, 0.05) is 18.3 Å². The molecule has 136 valence electrons. The van der Waals surface area contributed by atoms with Crippen LogP contribution in [-0.2, 0) is 25.5 Å². The number of benzene rings is 2. The lowest BCUT2D eigenvalue weighted by molar-refractivity contribution is -0.152. The Hall–Kier alpha value is -3.22. The molecule has 7 heteroatoms. The average molecular weight is 358 g/mol. The number of hydrogen-bond donors (Lipinski definition) is 2. The van der Waals surface area contributed by atoms with Gasteiger partial charge in [-0.15, -0.1) is 0 Å². The molecule has 0 bridgehead atoms. The Morgan fingerprint density at radius 3 is 2.08 bits per heavy atom. The summed E-state index contributed by atoms with van der Waals surface area (Å²) < 4.78 is 18.0. The van der Waals surface area contributed by atoms with E-state index < -0.39 is 23.8 Å². The fourth-order valence-electron chi connectivity index (χ4n) is 2.15. The third-order valence-electron chi connectivity index (χ3n) is 3.41. The molecule has 6 nitrogen and oxygen atoms in total. The maximum absolute atomic E-state index is 12.8. The highest BCUT2D eigenvalue weighted by Gasteiger charge is 2.18. The molecule has 0 unspecified atom stereocenters. The van der Waals surface area contributed by atoms with Crippen LogP contribution in [0.2, 0.25) is 0 Å². The van der Waals surface area contributed by atoms with Crippen molar-refractivity contribution in [1.29, 1.82) is 0 Å². The summed E-state index contributed by atoms with van der Waals surface area (Å²) in [5.41, 5.74) is 1.73. The first kappa shape index (κ1) is 19.1. The number of carbonyl (C=O) groups excluding carboxylic acids is 3. The van der Waals surface area contributed by atoms with Gasteiger partial charge in [-0.2, -0.15) is 0 Å². The van der Waals surface area contributed by atoms with Gasteiger partial charge in [-0.3, -0.25) is 14.4 Å². The van der Waals surface area contributed by atoms with E-state index in [0.717, 1.165) is 0 Å². The summed E-state index contributed by atoms with van der Waals surface area (Å²) in [5.74, 6) is -1.66. The molecule has 0 aliphatic heterocycles. The highest BCUT2D eigenvalue weighted by atomic mass is 19.1. The van der Waals surface area contributed by atoms with Crippen LogP contribution >= 0.6 is 0 Å². The molecule has 2 N–H and O–H groups in total. The number of ether oxygens (including phenoxy) is 1. The second-order valence-electron chi connectivity index (χ2n) is 5.68. The zero-order chi connectivity index (χ0) is 19.1. The van der Waals surface area contributed by atoms with Crippen molar-refractivity contribution in [1.82, 2.24) is 0 Å². The third-order valence-corrected chi connectivity index (χ3v) is 3.41. The van der Waals surface area contributed by atoms with Gasteiger partial charge in [0.1, 0.15) is 5.82 Å². The van der Waals surface area contributed by atoms with Crippen molar-refractivity contribution in [3.63, 3.8) is 0 Å². The predicted molar refractivity (Wildman–Crippen MR) is 95.0 cm³/mol. The molecule has 0 aliphatic carbocycles. The van der Waals surface area contributed by atoms with Crippen molar-refractivity contribution in [3.05, 3.63) is 59.9 Å². The predicted octanol–water partition coefficient (Wildman–Crippen LogP) is 2.90. The van der Waals surface area contributed by atoms with Crippen LogP contribution in [0.25, 0.3) is 0 Å². The van der Waals surface area contributed by atoms with Crippen LogP contribution in [-0.4, -0.2) is 23.9 Å². The zero-order valence-corrected chi connectivity index (χ0v) is 14.4. The van der Waals surface area contributed by atoms with E-state index in [4.69, 9.17) is 4.74 Å². The van der Waals surface area contributed by atoms with Crippen molar-refractivity contribution in [2.24, 2.45) is 0 Å². The molecule has 1 atom stereocenters. The van der Waals surface area contributed by atoms with Crippen LogP contribution in [0.5, 0.6) is 0 Å². The van der Waals surface area contributed by atoms with E-state index >= 15 is 0 Å². The maximum Gasteiger partial charge on any atom is 0.311 e. The van der Waals surface area contributed by atoms with E-state index in [2.05, 4.69) is 10.6 Å². The van der Waals surface area contributed by atoms with Crippen molar-refractivity contribution in [3.8, 4) is 0 Å². The second kappa shape index (κ2) is 8.75. The Labute approximate surface area is 150 Å². The Balaban J connectivity index is 1.85. The van der Waals surface area contributed by atoms with E-state index in [9.17, 15) is 18.8 Å². The van der Waals surface area contributed by atoms with Gasteiger partial charge in [-0.05, 0) is 48.9 Å². The fourth-order valence-corrected chi connectivity index (χ4v) is 2.15. The van der Waals surface area contributed by atoms with Crippen molar-refractivity contribution in [2.45, 2.75) is 26.4 Å². The minimum absolute atomic E-state index is 0.00544. The molecule has 2 aromatic carbocycles. The number of esters is 1. The summed E-state index contributed by atoms with van der Waals surface area (Å²) in [5, 5.41) is 5.17. The molecule has 0 aromatic heterocycles. The number of amides is 2. The van der Waals surface area contributed by atoms with Gasteiger partial charge in [-0.25, -0.2) is 4.39 Å².